The first-order valence-electron chi connectivity index (χ1n) is 6.77. The fourth-order valence-corrected chi connectivity index (χ4v) is 2.57. The number of piperazine rings is 1. The van der Waals surface area contributed by atoms with Crippen LogP contribution in [0.25, 0.3) is 0 Å². The molecule has 2 N–H and O–H groups in total. The van der Waals surface area contributed by atoms with Gasteiger partial charge in [-0.1, -0.05) is 12.1 Å². The third-order valence-electron chi connectivity index (χ3n) is 4.10. The number of rotatable bonds is 3. The van der Waals surface area contributed by atoms with Crippen LogP contribution in [0.4, 0.5) is 0 Å². The molecule has 0 saturated carbocycles. The molecule has 1 aliphatic heterocycles. The summed E-state index contributed by atoms with van der Waals surface area (Å²) in [4.78, 5) is 2.33. The number of aryl methyl sites for hydroxylation is 1. The highest BCUT2D eigenvalue weighted by Gasteiger charge is 2.17. The number of β-amino-alcohol motifs (C(OH)–C–C–N with tert-alkyl or cyclic N) is 1. The summed E-state index contributed by atoms with van der Waals surface area (Å²) in [5, 5.41) is 13.7. The summed E-state index contributed by atoms with van der Waals surface area (Å²) in [6.45, 7) is 11.2. The van der Waals surface area contributed by atoms with E-state index in [0.29, 0.717) is 0 Å². The van der Waals surface area contributed by atoms with Crippen LogP contribution in [0.1, 0.15) is 28.4 Å². The predicted octanol–water partition coefficient (Wildman–Crippen LogP) is 1.55. The quantitative estimate of drug-likeness (QED) is 0.852. The van der Waals surface area contributed by atoms with Crippen LogP contribution in [0.2, 0.25) is 0 Å². The van der Waals surface area contributed by atoms with E-state index >= 15 is 0 Å². The van der Waals surface area contributed by atoms with E-state index in [9.17, 15) is 5.11 Å². The second-order valence-corrected chi connectivity index (χ2v) is 5.29. The molecule has 1 aliphatic rings. The Bertz CT molecular complexity index is 411. The molecule has 0 radical (unpaired) electrons. The molecule has 1 saturated heterocycles. The van der Waals surface area contributed by atoms with Gasteiger partial charge in [0.15, 0.2) is 0 Å². The lowest BCUT2D eigenvalue weighted by Crippen LogP contribution is -2.45. The van der Waals surface area contributed by atoms with Crippen molar-refractivity contribution in [2.24, 2.45) is 0 Å². The second kappa shape index (κ2) is 5.83. The summed E-state index contributed by atoms with van der Waals surface area (Å²) in [6.07, 6.45) is -0.373. The number of aliphatic hydroxyl groups is 1. The smallest absolute Gasteiger partial charge is 0.0919 e. The van der Waals surface area contributed by atoms with Gasteiger partial charge in [-0.05, 0) is 43.0 Å². The maximum atomic E-state index is 10.4. The van der Waals surface area contributed by atoms with Gasteiger partial charge in [0, 0.05) is 32.7 Å². The zero-order valence-corrected chi connectivity index (χ0v) is 11.7. The molecule has 100 valence electrons. The summed E-state index contributed by atoms with van der Waals surface area (Å²) in [7, 11) is 0. The zero-order valence-electron chi connectivity index (χ0n) is 11.7. The average molecular weight is 248 g/mol. The second-order valence-electron chi connectivity index (χ2n) is 5.29. The molecule has 1 aromatic rings. The number of hydrogen-bond acceptors (Lipinski definition) is 3. The standard InChI is InChI=1S/C15H24N2O/c1-11-4-5-14(13(3)12(11)2)15(18)10-17-8-6-16-7-9-17/h4-5,15-16,18H,6-10H2,1-3H3. The minimum absolute atomic E-state index is 0.373. The molecule has 0 aliphatic carbocycles. The first-order valence-corrected chi connectivity index (χ1v) is 6.77. The van der Waals surface area contributed by atoms with Crippen molar-refractivity contribution >= 4 is 0 Å². The lowest BCUT2D eigenvalue weighted by molar-refractivity contribution is 0.105. The molecule has 0 bridgehead atoms. The first kappa shape index (κ1) is 13.5. The van der Waals surface area contributed by atoms with E-state index in [2.05, 4.69) is 43.1 Å². The summed E-state index contributed by atoms with van der Waals surface area (Å²) in [5.41, 5.74) is 4.91. The molecule has 0 spiro atoms. The van der Waals surface area contributed by atoms with Gasteiger partial charge in [0.1, 0.15) is 0 Å². The Hall–Kier alpha value is -0.900. The fraction of sp³-hybridized carbons (Fsp3) is 0.600. The maximum absolute atomic E-state index is 10.4. The van der Waals surface area contributed by atoms with Gasteiger partial charge in [0.2, 0.25) is 0 Å². The van der Waals surface area contributed by atoms with E-state index in [-0.39, 0.29) is 6.10 Å². The Morgan fingerprint density at radius 2 is 1.83 bits per heavy atom. The van der Waals surface area contributed by atoms with E-state index in [1.54, 1.807) is 0 Å². The number of aliphatic hydroxyl groups excluding tert-OH is 1. The number of nitrogens with zero attached hydrogens (tertiary/aromatic N) is 1. The predicted molar refractivity (Wildman–Crippen MR) is 74.9 cm³/mol. The van der Waals surface area contributed by atoms with Crippen LogP contribution in [0, 0.1) is 20.8 Å². The van der Waals surface area contributed by atoms with Gasteiger partial charge in [0.25, 0.3) is 0 Å². The summed E-state index contributed by atoms with van der Waals surface area (Å²) >= 11 is 0. The van der Waals surface area contributed by atoms with Crippen LogP contribution >= 0.6 is 0 Å². The topological polar surface area (TPSA) is 35.5 Å². The van der Waals surface area contributed by atoms with Gasteiger partial charge in [-0.2, -0.15) is 0 Å². The normalized spacial score (nSPS) is 18.9. The minimum Gasteiger partial charge on any atom is -0.387 e. The lowest BCUT2D eigenvalue weighted by Gasteiger charge is -2.29. The molecule has 3 heteroatoms. The van der Waals surface area contributed by atoms with Crippen molar-refractivity contribution in [3.05, 3.63) is 34.4 Å². The van der Waals surface area contributed by atoms with Crippen LogP contribution in [0.15, 0.2) is 12.1 Å². The molecular formula is C15H24N2O. The average Bonchev–Trinajstić information content (AvgIpc) is 2.37. The molecule has 0 amide bonds. The van der Waals surface area contributed by atoms with E-state index < -0.39 is 0 Å². The van der Waals surface area contributed by atoms with Crippen molar-refractivity contribution in [2.75, 3.05) is 32.7 Å². The number of hydrogen-bond donors (Lipinski definition) is 2. The van der Waals surface area contributed by atoms with Gasteiger partial charge in [0.05, 0.1) is 6.10 Å². The molecule has 0 aromatic heterocycles. The molecule has 1 fully saturated rings. The highest BCUT2D eigenvalue weighted by molar-refractivity contribution is 5.39. The van der Waals surface area contributed by atoms with Crippen LogP contribution in [0.3, 0.4) is 0 Å². The molecule has 3 nitrogen and oxygen atoms in total. The van der Waals surface area contributed by atoms with Crippen LogP contribution < -0.4 is 5.32 Å². The third-order valence-corrected chi connectivity index (χ3v) is 4.10. The Balaban J connectivity index is 2.08. The summed E-state index contributed by atoms with van der Waals surface area (Å²) in [5.74, 6) is 0. The van der Waals surface area contributed by atoms with Gasteiger partial charge < -0.3 is 10.4 Å². The van der Waals surface area contributed by atoms with Gasteiger partial charge in [-0.25, -0.2) is 0 Å². The maximum Gasteiger partial charge on any atom is 0.0919 e. The first-order chi connectivity index (χ1) is 8.59. The van der Waals surface area contributed by atoms with E-state index in [1.165, 1.54) is 16.7 Å². The summed E-state index contributed by atoms with van der Waals surface area (Å²) in [6, 6.07) is 4.18. The largest absolute Gasteiger partial charge is 0.387 e. The third kappa shape index (κ3) is 2.91. The van der Waals surface area contributed by atoms with Crippen molar-refractivity contribution in [1.82, 2.24) is 10.2 Å². The highest BCUT2D eigenvalue weighted by atomic mass is 16.3. The van der Waals surface area contributed by atoms with Crippen molar-refractivity contribution in [1.29, 1.82) is 0 Å². The monoisotopic (exact) mass is 248 g/mol. The Kier molecular flexibility index (Phi) is 4.38. The van der Waals surface area contributed by atoms with Crippen molar-refractivity contribution < 1.29 is 5.11 Å². The molecular weight excluding hydrogens is 224 g/mol. The van der Waals surface area contributed by atoms with Gasteiger partial charge in [-0.3, -0.25) is 4.90 Å². The van der Waals surface area contributed by atoms with Gasteiger partial charge >= 0.3 is 0 Å². The molecule has 1 atom stereocenters. The Morgan fingerprint density at radius 3 is 2.50 bits per heavy atom. The highest BCUT2D eigenvalue weighted by Crippen LogP contribution is 2.23. The zero-order chi connectivity index (χ0) is 13.1. The fourth-order valence-electron chi connectivity index (χ4n) is 2.57. The molecule has 1 heterocycles. The Labute approximate surface area is 110 Å². The molecule has 18 heavy (non-hydrogen) atoms. The van der Waals surface area contributed by atoms with E-state index in [1.807, 2.05) is 0 Å². The minimum atomic E-state index is -0.373. The molecule has 2 rings (SSSR count). The van der Waals surface area contributed by atoms with Crippen LogP contribution in [-0.4, -0.2) is 42.7 Å². The summed E-state index contributed by atoms with van der Waals surface area (Å²) < 4.78 is 0. The van der Waals surface area contributed by atoms with Crippen molar-refractivity contribution in [3.8, 4) is 0 Å². The lowest BCUT2D eigenvalue weighted by atomic mass is 9.95. The van der Waals surface area contributed by atoms with Crippen LogP contribution in [0.5, 0.6) is 0 Å². The van der Waals surface area contributed by atoms with E-state index in [4.69, 9.17) is 0 Å². The van der Waals surface area contributed by atoms with E-state index in [0.717, 1.165) is 38.3 Å². The van der Waals surface area contributed by atoms with Crippen molar-refractivity contribution in [2.45, 2.75) is 26.9 Å². The molecule has 1 aromatic carbocycles. The van der Waals surface area contributed by atoms with Gasteiger partial charge in [-0.15, -0.1) is 0 Å². The van der Waals surface area contributed by atoms with Crippen LogP contribution in [-0.2, 0) is 0 Å². The Morgan fingerprint density at radius 1 is 1.17 bits per heavy atom. The molecule has 1 unspecified atom stereocenters. The number of nitrogens with one attached hydrogen (secondary N) is 1. The number of benzene rings is 1. The van der Waals surface area contributed by atoms with Crippen molar-refractivity contribution in [3.63, 3.8) is 0 Å². The SMILES string of the molecule is Cc1ccc(C(O)CN2CCNCC2)c(C)c1C.